The topological polar surface area (TPSA) is 40.5 Å². The van der Waals surface area contributed by atoms with E-state index in [-0.39, 0.29) is 0 Å². The largest absolute Gasteiger partial charge is 0.478 e. The molecule has 0 saturated carbocycles. The number of aromatic carboxylic acids is 1. The quantitative estimate of drug-likeness (QED) is 0.558. The molecule has 1 aliphatic rings. The Bertz CT molecular complexity index is 974. The van der Waals surface area contributed by atoms with Gasteiger partial charge >= 0.3 is 5.97 Å². The molecule has 1 saturated heterocycles. The molecule has 0 amide bonds. The highest BCUT2D eigenvalue weighted by atomic mass is 35.5. The maximum atomic E-state index is 11.0. The van der Waals surface area contributed by atoms with E-state index in [1.165, 1.54) is 22.3 Å². The highest BCUT2D eigenvalue weighted by molar-refractivity contribution is 6.30. The van der Waals surface area contributed by atoms with Crippen LogP contribution in [0.2, 0.25) is 5.02 Å². The van der Waals surface area contributed by atoms with Crippen LogP contribution in [0, 0.1) is 0 Å². The van der Waals surface area contributed by atoms with Crippen LogP contribution in [0.1, 0.15) is 40.2 Å². The van der Waals surface area contributed by atoms with Crippen LogP contribution >= 0.6 is 11.6 Å². The average molecular weight is 406 g/mol. The highest BCUT2D eigenvalue weighted by Crippen LogP contribution is 2.31. The lowest BCUT2D eigenvalue weighted by Gasteiger charge is -2.32. The maximum Gasteiger partial charge on any atom is 0.335 e. The first-order valence-electron chi connectivity index (χ1n) is 9.99. The van der Waals surface area contributed by atoms with E-state index < -0.39 is 5.97 Å². The van der Waals surface area contributed by atoms with Gasteiger partial charge < -0.3 is 5.11 Å². The molecule has 3 aromatic carbocycles. The molecule has 0 radical (unpaired) electrons. The van der Waals surface area contributed by atoms with Gasteiger partial charge in [-0.2, -0.15) is 0 Å². The molecular weight excluding hydrogens is 382 g/mol. The Labute approximate surface area is 176 Å². The van der Waals surface area contributed by atoms with E-state index in [9.17, 15) is 4.79 Å². The summed E-state index contributed by atoms with van der Waals surface area (Å²) in [4.78, 5) is 13.5. The van der Waals surface area contributed by atoms with Crippen molar-refractivity contribution in [2.75, 3.05) is 13.1 Å². The standard InChI is InChI=1S/C25H24ClNO2/c26-23-11-9-20(10-12-23)24-4-2-1-3-22(24)17-27-15-13-19(14-16-27)18-5-7-21(8-6-18)25(28)29/h1-12,19H,13-17H2,(H,28,29). The SMILES string of the molecule is O=C(O)c1ccc(C2CCN(Cc3ccccc3-c3ccc(Cl)cc3)CC2)cc1. The lowest BCUT2D eigenvalue weighted by Crippen LogP contribution is -2.32. The van der Waals surface area contributed by atoms with Crippen molar-refractivity contribution in [1.29, 1.82) is 0 Å². The summed E-state index contributed by atoms with van der Waals surface area (Å²) in [6, 6.07) is 24.0. The smallest absolute Gasteiger partial charge is 0.335 e. The van der Waals surface area contributed by atoms with E-state index in [1.807, 2.05) is 24.3 Å². The molecule has 0 bridgehead atoms. The molecule has 0 aliphatic carbocycles. The lowest BCUT2D eigenvalue weighted by atomic mass is 9.88. The van der Waals surface area contributed by atoms with Crippen molar-refractivity contribution in [3.8, 4) is 11.1 Å². The van der Waals surface area contributed by atoms with Gasteiger partial charge in [-0.25, -0.2) is 4.79 Å². The molecule has 4 rings (SSSR count). The third-order valence-electron chi connectivity index (χ3n) is 5.78. The van der Waals surface area contributed by atoms with Gasteiger partial charge in [-0.05, 0) is 78.4 Å². The van der Waals surface area contributed by atoms with Gasteiger partial charge in [0, 0.05) is 11.6 Å². The van der Waals surface area contributed by atoms with Gasteiger partial charge in [-0.3, -0.25) is 4.90 Å². The molecule has 0 atom stereocenters. The minimum atomic E-state index is -0.870. The molecule has 1 aliphatic heterocycles. The van der Waals surface area contributed by atoms with Gasteiger partial charge in [-0.1, -0.05) is 60.1 Å². The molecule has 1 heterocycles. The number of carboxylic acids is 1. The predicted molar refractivity (Wildman–Crippen MR) is 118 cm³/mol. The number of hydrogen-bond acceptors (Lipinski definition) is 2. The first kappa shape index (κ1) is 19.7. The Kier molecular flexibility index (Phi) is 5.98. The summed E-state index contributed by atoms with van der Waals surface area (Å²) in [5, 5.41) is 9.82. The van der Waals surface area contributed by atoms with E-state index in [1.54, 1.807) is 12.1 Å². The summed E-state index contributed by atoms with van der Waals surface area (Å²) in [6.45, 7) is 3.02. The molecule has 4 heteroatoms. The van der Waals surface area contributed by atoms with E-state index in [4.69, 9.17) is 16.7 Å². The summed E-state index contributed by atoms with van der Waals surface area (Å²) in [5.41, 5.74) is 5.38. The molecule has 1 N–H and O–H groups in total. The van der Waals surface area contributed by atoms with Gasteiger partial charge in [0.1, 0.15) is 0 Å². The molecular formula is C25H24ClNO2. The van der Waals surface area contributed by atoms with Crippen molar-refractivity contribution < 1.29 is 9.90 Å². The zero-order valence-electron chi connectivity index (χ0n) is 16.2. The van der Waals surface area contributed by atoms with Gasteiger partial charge in [0.2, 0.25) is 0 Å². The number of likely N-dealkylation sites (tertiary alicyclic amines) is 1. The third-order valence-corrected chi connectivity index (χ3v) is 6.04. The van der Waals surface area contributed by atoms with Crippen LogP contribution in [0.5, 0.6) is 0 Å². The predicted octanol–water partition coefficient (Wildman–Crippen LogP) is 6.08. The second-order valence-corrected chi connectivity index (χ2v) is 8.08. The molecule has 1 fully saturated rings. The van der Waals surface area contributed by atoms with Crippen molar-refractivity contribution in [2.24, 2.45) is 0 Å². The van der Waals surface area contributed by atoms with E-state index in [0.717, 1.165) is 37.5 Å². The van der Waals surface area contributed by atoms with Crippen LogP contribution in [0.4, 0.5) is 0 Å². The molecule has 3 nitrogen and oxygen atoms in total. The van der Waals surface area contributed by atoms with Gasteiger partial charge in [0.05, 0.1) is 5.56 Å². The first-order chi connectivity index (χ1) is 14.1. The van der Waals surface area contributed by atoms with E-state index in [0.29, 0.717) is 11.5 Å². The van der Waals surface area contributed by atoms with Crippen molar-refractivity contribution in [2.45, 2.75) is 25.3 Å². The molecule has 148 valence electrons. The van der Waals surface area contributed by atoms with Crippen LogP contribution in [0.3, 0.4) is 0 Å². The Morgan fingerprint density at radius 2 is 1.59 bits per heavy atom. The molecule has 0 unspecified atom stereocenters. The van der Waals surface area contributed by atoms with Crippen LogP contribution in [0.15, 0.2) is 72.8 Å². The second kappa shape index (κ2) is 8.81. The highest BCUT2D eigenvalue weighted by Gasteiger charge is 2.21. The van der Waals surface area contributed by atoms with Gasteiger partial charge in [0.25, 0.3) is 0 Å². The third kappa shape index (κ3) is 4.69. The Balaban J connectivity index is 1.41. The van der Waals surface area contributed by atoms with Crippen LogP contribution in [-0.2, 0) is 6.54 Å². The minimum Gasteiger partial charge on any atom is -0.478 e. The van der Waals surface area contributed by atoms with Crippen molar-refractivity contribution in [1.82, 2.24) is 4.90 Å². The zero-order chi connectivity index (χ0) is 20.2. The fourth-order valence-electron chi connectivity index (χ4n) is 4.13. The summed E-state index contributed by atoms with van der Waals surface area (Å²) in [6.07, 6.45) is 2.19. The molecule has 0 aromatic heterocycles. The van der Waals surface area contributed by atoms with Crippen molar-refractivity contribution >= 4 is 17.6 Å². The summed E-state index contributed by atoms with van der Waals surface area (Å²) >= 11 is 6.05. The Morgan fingerprint density at radius 3 is 2.24 bits per heavy atom. The second-order valence-electron chi connectivity index (χ2n) is 7.64. The monoisotopic (exact) mass is 405 g/mol. The number of halogens is 1. The molecule has 0 spiro atoms. The Morgan fingerprint density at radius 1 is 0.931 bits per heavy atom. The van der Waals surface area contributed by atoms with Crippen molar-refractivity contribution in [3.63, 3.8) is 0 Å². The normalized spacial score (nSPS) is 15.3. The number of rotatable bonds is 5. The number of piperidine rings is 1. The number of hydrogen-bond donors (Lipinski definition) is 1. The maximum absolute atomic E-state index is 11.0. The minimum absolute atomic E-state index is 0.352. The molecule has 29 heavy (non-hydrogen) atoms. The molecule has 3 aromatic rings. The average Bonchev–Trinajstić information content (AvgIpc) is 2.75. The summed E-state index contributed by atoms with van der Waals surface area (Å²) in [5.74, 6) is -0.369. The van der Waals surface area contributed by atoms with Crippen molar-refractivity contribution in [3.05, 3.63) is 94.5 Å². The summed E-state index contributed by atoms with van der Waals surface area (Å²) in [7, 11) is 0. The lowest BCUT2D eigenvalue weighted by molar-refractivity contribution is 0.0697. The van der Waals surface area contributed by atoms with Gasteiger partial charge in [0.15, 0.2) is 0 Å². The summed E-state index contributed by atoms with van der Waals surface area (Å²) < 4.78 is 0. The number of benzene rings is 3. The first-order valence-corrected chi connectivity index (χ1v) is 10.4. The number of carboxylic acid groups (broad SMARTS) is 1. The van der Waals surface area contributed by atoms with E-state index >= 15 is 0 Å². The van der Waals surface area contributed by atoms with Crippen LogP contribution in [0.25, 0.3) is 11.1 Å². The Hall–Kier alpha value is -2.62. The fraction of sp³-hybridized carbons (Fsp3) is 0.240. The number of nitrogens with zero attached hydrogens (tertiary/aromatic N) is 1. The van der Waals surface area contributed by atoms with E-state index in [2.05, 4.69) is 41.3 Å². The van der Waals surface area contributed by atoms with Crippen LogP contribution in [-0.4, -0.2) is 29.1 Å². The van der Waals surface area contributed by atoms with Crippen LogP contribution < -0.4 is 0 Å². The zero-order valence-corrected chi connectivity index (χ0v) is 17.0. The van der Waals surface area contributed by atoms with Gasteiger partial charge in [-0.15, -0.1) is 0 Å². The fourth-order valence-corrected chi connectivity index (χ4v) is 4.26. The number of carbonyl (C=O) groups is 1.